The number of halogens is 1. The van der Waals surface area contributed by atoms with Crippen molar-refractivity contribution in [3.05, 3.63) is 24.0 Å². The van der Waals surface area contributed by atoms with Crippen LogP contribution in [0.4, 0.5) is 14.9 Å². The van der Waals surface area contributed by atoms with Gasteiger partial charge in [0, 0.05) is 19.2 Å². The summed E-state index contributed by atoms with van der Waals surface area (Å²) in [6.07, 6.45) is 0.758. The molecule has 2 amide bonds. The first-order chi connectivity index (χ1) is 9.12. The van der Waals surface area contributed by atoms with Crippen LogP contribution >= 0.6 is 0 Å². The van der Waals surface area contributed by atoms with E-state index in [0.717, 1.165) is 6.42 Å². The Balaban J connectivity index is 2.79. The number of hydrogen-bond acceptors (Lipinski definition) is 3. The van der Waals surface area contributed by atoms with E-state index in [1.54, 1.807) is 0 Å². The van der Waals surface area contributed by atoms with Crippen LogP contribution in [0.5, 0.6) is 5.75 Å². The average Bonchev–Trinajstić information content (AvgIpc) is 2.41. The van der Waals surface area contributed by atoms with Crippen LogP contribution in [0.3, 0.4) is 0 Å². The standard InChI is InChI=1S/C13H19FN2O3/c1-3-6-16(7-8-17)13(18)15-12-9-10(19-2)4-5-11(12)14/h4-5,9,17H,3,6-8H2,1-2H3,(H,15,18). The normalized spacial score (nSPS) is 10.1. The van der Waals surface area contributed by atoms with Gasteiger partial charge in [0.05, 0.1) is 19.4 Å². The van der Waals surface area contributed by atoms with E-state index in [2.05, 4.69) is 5.32 Å². The molecule has 1 aromatic carbocycles. The van der Waals surface area contributed by atoms with E-state index in [4.69, 9.17) is 9.84 Å². The fraction of sp³-hybridized carbons (Fsp3) is 0.462. The van der Waals surface area contributed by atoms with Gasteiger partial charge in [-0.2, -0.15) is 0 Å². The zero-order valence-corrected chi connectivity index (χ0v) is 11.1. The lowest BCUT2D eigenvalue weighted by atomic mass is 10.3. The van der Waals surface area contributed by atoms with Crippen LogP contribution in [0, 0.1) is 5.82 Å². The Morgan fingerprint density at radius 2 is 2.21 bits per heavy atom. The zero-order valence-electron chi connectivity index (χ0n) is 11.1. The summed E-state index contributed by atoms with van der Waals surface area (Å²) in [7, 11) is 1.47. The minimum Gasteiger partial charge on any atom is -0.497 e. The van der Waals surface area contributed by atoms with Crippen molar-refractivity contribution in [2.75, 3.05) is 32.1 Å². The Morgan fingerprint density at radius 3 is 2.79 bits per heavy atom. The third kappa shape index (κ3) is 4.40. The largest absolute Gasteiger partial charge is 0.497 e. The predicted octanol–water partition coefficient (Wildman–Crippen LogP) is 2.07. The van der Waals surface area contributed by atoms with E-state index in [1.807, 2.05) is 6.92 Å². The molecule has 0 saturated carbocycles. The molecule has 19 heavy (non-hydrogen) atoms. The van der Waals surface area contributed by atoms with E-state index in [1.165, 1.54) is 30.2 Å². The summed E-state index contributed by atoms with van der Waals surface area (Å²) in [5.74, 6) is -0.0736. The summed E-state index contributed by atoms with van der Waals surface area (Å²) in [5, 5.41) is 11.4. The molecule has 0 aliphatic carbocycles. The molecule has 0 aliphatic rings. The zero-order chi connectivity index (χ0) is 14.3. The summed E-state index contributed by atoms with van der Waals surface area (Å²) < 4.78 is 18.5. The maximum atomic E-state index is 13.6. The molecule has 0 atom stereocenters. The van der Waals surface area contributed by atoms with Crippen molar-refractivity contribution in [2.24, 2.45) is 0 Å². The highest BCUT2D eigenvalue weighted by Gasteiger charge is 2.14. The molecular formula is C13H19FN2O3. The Kier molecular flexibility index (Phi) is 6.08. The Hall–Kier alpha value is -1.82. The highest BCUT2D eigenvalue weighted by atomic mass is 19.1. The number of anilines is 1. The van der Waals surface area contributed by atoms with Gasteiger partial charge in [-0.25, -0.2) is 9.18 Å². The van der Waals surface area contributed by atoms with Gasteiger partial charge < -0.3 is 20.1 Å². The third-order valence-corrected chi connectivity index (χ3v) is 2.57. The summed E-state index contributed by atoms with van der Waals surface area (Å²) in [5.41, 5.74) is 0.0587. The second kappa shape index (κ2) is 7.58. The van der Waals surface area contributed by atoms with Crippen LogP contribution in [0.1, 0.15) is 13.3 Å². The number of aliphatic hydroxyl groups excluding tert-OH is 1. The smallest absolute Gasteiger partial charge is 0.322 e. The Labute approximate surface area is 112 Å². The lowest BCUT2D eigenvalue weighted by Gasteiger charge is -2.21. The number of rotatable bonds is 6. The number of hydrogen-bond donors (Lipinski definition) is 2. The molecule has 5 nitrogen and oxygen atoms in total. The van der Waals surface area contributed by atoms with Gasteiger partial charge in [-0.3, -0.25) is 0 Å². The number of methoxy groups -OCH3 is 1. The molecular weight excluding hydrogens is 251 g/mol. The highest BCUT2D eigenvalue weighted by molar-refractivity contribution is 5.89. The summed E-state index contributed by atoms with van der Waals surface area (Å²) in [6, 6.07) is 3.67. The number of nitrogens with zero attached hydrogens (tertiary/aromatic N) is 1. The number of amides is 2. The molecule has 0 bridgehead atoms. The maximum Gasteiger partial charge on any atom is 0.322 e. The van der Waals surface area contributed by atoms with Crippen LogP contribution in [-0.2, 0) is 0 Å². The molecule has 0 saturated heterocycles. The van der Waals surface area contributed by atoms with E-state index < -0.39 is 11.8 Å². The summed E-state index contributed by atoms with van der Waals surface area (Å²) >= 11 is 0. The van der Waals surface area contributed by atoms with Gasteiger partial charge in [-0.15, -0.1) is 0 Å². The number of benzene rings is 1. The topological polar surface area (TPSA) is 61.8 Å². The predicted molar refractivity (Wildman–Crippen MR) is 70.9 cm³/mol. The van der Waals surface area contributed by atoms with Crippen molar-refractivity contribution in [3.8, 4) is 5.75 Å². The van der Waals surface area contributed by atoms with Crippen molar-refractivity contribution < 1.29 is 19.0 Å². The molecule has 0 radical (unpaired) electrons. The van der Waals surface area contributed by atoms with Crippen LogP contribution in [-0.4, -0.2) is 42.8 Å². The first-order valence-corrected chi connectivity index (χ1v) is 6.12. The molecule has 6 heteroatoms. The highest BCUT2D eigenvalue weighted by Crippen LogP contribution is 2.21. The summed E-state index contributed by atoms with van der Waals surface area (Å²) in [4.78, 5) is 13.4. The molecule has 2 N–H and O–H groups in total. The first kappa shape index (κ1) is 15.2. The quantitative estimate of drug-likeness (QED) is 0.832. The second-order valence-corrected chi connectivity index (χ2v) is 3.99. The van der Waals surface area contributed by atoms with Crippen molar-refractivity contribution in [3.63, 3.8) is 0 Å². The van der Waals surface area contributed by atoms with Gasteiger partial charge in [-0.05, 0) is 18.6 Å². The molecule has 1 rings (SSSR count). The van der Waals surface area contributed by atoms with Crippen LogP contribution < -0.4 is 10.1 Å². The average molecular weight is 270 g/mol. The Morgan fingerprint density at radius 1 is 1.47 bits per heavy atom. The van der Waals surface area contributed by atoms with Crippen LogP contribution in [0.2, 0.25) is 0 Å². The number of nitrogens with one attached hydrogen (secondary N) is 1. The molecule has 0 spiro atoms. The number of ether oxygens (including phenoxy) is 1. The molecule has 0 unspecified atom stereocenters. The van der Waals surface area contributed by atoms with Crippen LogP contribution in [0.25, 0.3) is 0 Å². The second-order valence-electron chi connectivity index (χ2n) is 3.99. The van der Waals surface area contributed by atoms with E-state index in [9.17, 15) is 9.18 Å². The van der Waals surface area contributed by atoms with Gasteiger partial charge in [-0.1, -0.05) is 6.92 Å². The number of carbonyl (C=O) groups is 1. The number of aliphatic hydroxyl groups is 1. The minimum absolute atomic E-state index is 0.0587. The number of carbonyl (C=O) groups excluding carboxylic acids is 1. The molecule has 106 valence electrons. The van der Waals surface area contributed by atoms with E-state index >= 15 is 0 Å². The van der Waals surface area contributed by atoms with Crippen LogP contribution in [0.15, 0.2) is 18.2 Å². The van der Waals surface area contributed by atoms with Gasteiger partial charge in [0.1, 0.15) is 11.6 Å². The van der Waals surface area contributed by atoms with E-state index in [-0.39, 0.29) is 18.8 Å². The molecule has 1 aromatic rings. The molecule has 0 heterocycles. The van der Waals surface area contributed by atoms with E-state index in [0.29, 0.717) is 12.3 Å². The SMILES string of the molecule is CCCN(CCO)C(=O)Nc1cc(OC)ccc1F. The van der Waals surface area contributed by atoms with Crippen molar-refractivity contribution in [2.45, 2.75) is 13.3 Å². The molecule has 0 fully saturated rings. The summed E-state index contributed by atoms with van der Waals surface area (Å²) in [6.45, 7) is 2.50. The lowest BCUT2D eigenvalue weighted by molar-refractivity contribution is 0.188. The Bertz CT molecular complexity index is 420. The van der Waals surface area contributed by atoms with Gasteiger partial charge >= 0.3 is 6.03 Å². The molecule has 0 aliphatic heterocycles. The first-order valence-electron chi connectivity index (χ1n) is 6.12. The lowest BCUT2D eigenvalue weighted by Crippen LogP contribution is -2.37. The fourth-order valence-electron chi connectivity index (χ4n) is 1.63. The van der Waals surface area contributed by atoms with Crippen molar-refractivity contribution in [1.82, 2.24) is 4.90 Å². The van der Waals surface area contributed by atoms with Crippen molar-refractivity contribution in [1.29, 1.82) is 0 Å². The monoisotopic (exact) mass is 270 g/mol. The fourth-order valence-corrected chi connectivity index (χ4v) is 1.63. The minimum atomic E-state index is -0.533. The maximum absolute atomic E-state index is 13.6. The third-order valence-electron chi connectivity index (χ3n) is 2.57. The van der Waals surface area contributed by atoms with Gasteiger partial charge in [0.2, 0.25) is 0 Å². The van der Waals surface area contributed by atoms with Gasteiger partial charge in [0.15, 0.2) is 0 Å². The number of urea groups is 1. The van der Waals surface area contributed by atoms with Gasteiger partial charge in [0.25, 0.3) is 0 Å². The van der Waals surface area contributed by atoms with Crippen molar-refractivity contribution >= 4 is 11.7 Å². The molecule has 0 aromatic heterocycles.